The average molecular weight is 330 g/mol. The summed E-state index contributed by atoms with van der Waals surface area (Å²) in [6.07, 6.45) is 0. The number of likely N-dealkylation sites (N-methyl/N-ethyl adjacent to an activating group) is 2. The first-order chi connectivity index (χ1) is 9.04. The van der Waals surface area contributed by atoms with Gasteiger partial charge >= 0.3 is 0 Å². The van der Waals surface area contributed by atoms with Crippen LogP contribution in [0, 0.1) is 0 Å². The largest absolute Gasteiger partial charge is 0.488 e. The second-order valence-corrected chi connectivity index (χ2v) is 5.43. The molecule has 0 spiro atoms. The first-order valence-electron chi connectivity index (χ1n) is 6.53. The number of carbonyl (C=O) groups is 1. The van der Waals surface area contributed by atoms with Gasteiger partial charge in [0, 0.05) is 11.0 Å². The zero-order valence-corrected chi connectivity index (χ0v) is 13.3. The van der Waals surface area contributed by atoms with Gasteiger partial charge in [-0.3, -0.25) is 4.79 Å². The van der Waals surface area contributed by atoms with Crippen LogP contribution in [-0.4, -0.2) is 38.7 Å². The molecule has 106 valence electrons. The molecule has 0 fully saturated rings. The number of rotatable bonds is 7. The van der Waals surface area contributed by atoms with Gasteiger partial charge in [0.1, 0.15) is 18.9 Å². The first-order valence-corrected chi connectivity index (χ1v) is 7.32. The summed E-state index contributed by atoms with van der Waals surface area (Å²) < 4.78 is 6.68. The number of quaternary nitrogens is 1. The molecule has 0 aliphatic carbocycles. The van der Waals surface area contributed by atoms with Gasteiger partial charge in [-0.25, -0.2) is 0 Å². The fraction of sp³-hybridized carbons (Fsp3) is 0.500. The summed E-state index contributed by atoms with van der Waals surface area (Å²) in [5, 5.41) is 2.83. The number of amides is 1. The minimum Gasteiger partial charge on any atom is -0.488 e. The monoisotopic (exact) mass is 329 g/mol. The minimum atomic E-state index is -0.0616. The summed E-state index contributed by atoms with van der Waals surface area (Å²) in [5.41, 5.74) is 0. The van der Waals surface area contributed by atoms with E-state index in [1.165, 1.54) is 0 Å². The van der Waals surface area contributed by atoms with E-state index in [1.807, 2.05) is 45.2 Å². The lowest BCUT2D eigenvalue weighted by Crippen LogP contribution is -3.14. The standard InChI is InChI=1S/C14H21BrN2O2/c1-4-16-14(18)11(2)17(3)9-10-19-13-7-5-12(15)6-8-13/h5-8,11H,4,9-10H2,1-3H3,(H,16,18)/p+1/t11-/m1/s1. The topological polar surface area (TPSA) is 42.8 Å². The van der Waals surface area contributed by atoms with Gasteiger partial charge in [0.05, 0.1) is 7.05 Å². The molecule has 0 aliphatic heterocycles. The molecule has 2 atom stereocenters. The highest BCUT2D eigenvalue weighted by Gasteiger charge is 2.20. The van der Waals surface area contributed by atoms with Gasteiger partial charge < -0.3 is 15.0 Å². The van der Waals surface area contributed by atoms with Gasteiger partial charge in [-0.15, -0.1) is 0 Å². The highest BCUT2D eigenvalue weighted by Crippen LogP contribution is 2.15. The fourth-order valence-corrected chi connectivity index (χ4v) is 1.89. The third-order valence-corrected chi connectivity index (χ3v) is 3.59. The van der Waals surface area contributed by atoms with E-state index in [4.69, 9.17) is 4.74 Å². The minimum absolute atomic E-state index is 0.0616. The van der Waals surface area contributed by atoms with Crippen LogP contribution in [0.25, 0.3) is 0 Å². The van der Waals surface area contributed by atoms with Crippen LogP contribution in [0.4, 0.5) is 0 Å². The number of nitrogens with one attached hydrogen (secondary N) is 2. The van der Waals surface area contributed by atoms with E-state index < -0.39 is 0 Å². The van der Waals surface area contributed by atoms with Crippen molar-refractivity contribution in [2.45, 2.75) is 19.9 Å². The Balaban J connectivity index is 2.32. The van der Waals surface area contributed by atoms with Crippen molar-refractivity contribution in [3.63, 3.8) is 0 Å². The fourth-order valence-electron chi connectivity index (χ4n) is 1.63. The highest BCUT2D eigenvalue weighted by molar-refractivity contribution is 9.10. The van der Waals surface area contributed by atoms with Gasteiger partial charge in [0.2, 0.25) is 0 Å². The molecule has 1 unspecified atom stereocenters. The van der Waals surface area contributed by atoms with E-state index in [9.17, 15) is 4.79 Å². The summed E-state index contributed by atoms with van der Waals surface area (Å²) in [6.45, 7) is 5.91. The number of carbonyl (C=O) groups excluding carboxylic acids is 1. The van der Waals surface area contributed by atoms with E-state index in [1.54, 1.807) is 0 Å². The number of hydrogen-bond acceptors (Lipinski definition) is 2. The Morgan fingerprint density at radius 2 is 2.05 bits per heavy atom. The Labute approximate surface area is 123 Å². The van der Waals surface area contributed by atoms with Crippen LogP contribution in [0.15, 0.2) is 28.7 Å². The molecule has 19 heavy (non-hydrogen) atoms. The van der Waals surface area contributed by atoms with Crippen LogP contribution in [0.1, 0.15) is 13.8 Å². The lowest BCUT2D eigenvalue weighted by atomic mass is 10.3. The van der Waals surface area contributed by atoms with Gasteiger partial charge in [-0.2, -0.15) is 0 Å². The van der Waals surface area contributed by atoms with Crippen molar-refractivity contribution in [1.82, 2.24) is 5.32 Å². The predicted octanol–water partition coefficient (Wildman–Crippen LogP) is 0.867. The maximum Gasteiger partial charge on any atom is 0.277 e. The van der Waals surface area contributed by atoms with Crippen LogP contribution in [0.3, 0.4) is 0 Å². The van der Waals surface area contributed by atoms with E-state index >= 15 is 0 Å². The first kappa shape index (κ1) is 16.0. The SMILES string of the molecule is CCNC(=O)[C@@H](C)[NH+](C)CCOc1ccc(Br)cc1. The third-order valence-electron chi connectivity index (χ3n) is 3.06. The molecule has 5 heteroatoms. The quantitative estimate of drug-likeness (QED) is 0.779. The molecule has 1 aromatic carbocycles. The second kappa shape index (κ2) is 8.17. The van der Waals surface area contributed by atoms with Crippen LogP contribution in [-0.2, 0) is 4.79 Å². The number of halogens is 1. The summed E-state index contributed by atoms with van der Waals surface area (Å²) in [6, 6.07) is 7.68. The molecule has 0 aliphatic rings. The Morgan fingerprint density at radius 1 is 1.42 bits per heavy atom. The number of hydrogen-bond donors (Lipinski definition) is 2. The summed E-state index contributed by atoms with van der Waals surface area (Å²) in [7, 11) is 2.00. The lowest BCUT2D eigenvalue weighted by Gasteiger charge is -2.20. The zero-order valence-electron chi connectivity index (χ0n) is 11.7. The number of ether oxygens (including phenoxy) is 1. The van der Waals surface area contributed by atoms with Crippen molar-refractivity contribution in [2.75, 3.05) is 26.7 Å². The summed E-state index contributed by atoms with van der Waals surface area (Å²) >= 11 is 3.38. The molecule has 2 N–H and O–H groups in total. The Hall–Kier alpha value is -1.07. The molecule has 1 amide bonds. The molecule has 1 rings (SSSR count). The van der Waals surface area contributed by atoms with E-state index in [0.717, 1.165) is 21.7 Å². The predicted molar refractivity (Wildman–Crippen MR) is 79.5 cm³/mol. The molecule has 0 saturated heterocycles. The average Bonchev–Trinajstić information content (AvgIpc) is 2.40. The Kier molecular flexibility index (Phi) is 6.87. The molecular weight excluding hydrogens is 308 g/mol. The van der Waals surface area contributed by atoms with Crippen LogP contribution >= 0.6 is 15.9 Å². The maximum atomic E-state index is 11.7. The molecule has 0 bridgehead atoms. The van der Waals surface area contributed by atoms with Crippen molar-refractivity contribution in [3.05, 3.63) is 28.7 Å². The van der Waals surface area contributed by atoms with E-state index in [-0.39, 0.29) is 11.9 Å². The van der Waals surface area contributed by atoms with E-state index in [0.29, 0.717) is 13.2 Å². The second-order valence-electron chi connectivity index (χ2n) is 4.52. The van der Waals surface area contributed by atoms with Gasteiger partial charge in [0.15, 0.2) is 6.04 Å². The van der Waals surface area contributed by atoms with Crippen molar-refractivity contribution in [2.24, 2.45) is 0 Å². The Morgan fingerprint density at radius 3 is 2.63 bits per heavy atom. The number of benzene rings is 1. The van der Waals surface area contributed by atoms with Crippen molar-refractivity contribution >= 4 is 21.8 Å². The summed E-state index contributed by atoms with van der Waals surface area (Å²) in [5.74, 6) is 0.935. The molecule has 0 saturated carbocycles. The van der Waals surface area contributed by atoms with Gasteiger partial charge in [-0.05, 0) is 38.1 Å². The summed E-state index contributed by atoms with van der Waals surface area (Å²) in [4.78, 5) is 12.8. The highest BCUT2D eigenvalue weighted by atomic mass is 79.9. The molecule has 0 radical (unpaired) electrons. The van der Waals surface area contributed by atoms with Gasteiger partial charge in [-0.1, -0.05) is 15.9 Å². The zero-order chi connectivity index (χ0) is 14.3. The molecule has 4 nitrogen and oxygen atoms in total. The van der Waals surface area contributed by atoms with Crippen molar-refractivity contribution < 1.29 is 14.4 Å². The normalized spacial score (nSPS) is 13.7. The molecule has 0 aromatic heterocycles. The Bertz CT molecular complexity index is 395. The molecule has 1 aromatic rings. The third kappa shape index (κ3) is 5.61. The van der Waals surface area contributed by atoms with Crippen LogP contribution in [0.5, 0.6) is 5.75 Å². The van der Waals surface area contributed by atoms with Crippen molar-refractivity contribution in [1.29, 1.82) is 0 Å². The smallest absolute Gasteiger partial charge is 0.277 e. The van der Waals surface area contributed by atoms with Crippen molar-refractivity contribution in [3.8, 4) is 5.75 Å². The van der Waals surface area contributed by atoms with E-state index in [2.05, 4.69) is 21.2 Å². The maximum absolute atomic E-state index is 11.7. The van der Waals surface area contributed by atoms with Gasteiger partial charge in [0.25, 0.3) is 5.91 Å². The van der Waals surface area contributed by atoms with Crippen LogP contribution in [0.2, 0.25) is 0 Å². The van der Waals surface area contributed by atoms with Crippen LogP contribution < -0.4 is 15.0 Å². The molecular formula is C14H22BrN2O2+. The molecule has 0 heterocycles. The lowest BCUT2D eigenvalue weighted by molar-refractivity contribution is -0.894.